The zero-order chi connectivity index (χ0) is 24.0. The molecule has 0 radical (unpaired) electrons. The third kappa shape index (κ3) is 3.69. The third-order valence-corrected chi connectivity index (χ3v) is 7.87. The number of aryl methyl sites for hydroxylation is 2. The van der Waals surface area contributed by atoms with Gasteiger partial charge in [-0.3, -0.25) is 14.2 Å². The molecular weight excluding hydrogens is 472 g/mol. The smallest absolute Gasteiger partial charge is 0.337 e. The third-order valence-electron chi connectivity index (χ3n) is 5.79. The Balaban J connectivity index is 1.60. The molecule has 8 nitrogen and oxygen atoms in total. The van der Waals surface area contributed by atoms with E-state index in [1.54, 1.807) is 6.07 Å². The van der Waals surface area contributed by atoms with Gasteiger partial charge in [0.05, 0.1) is 16.5 Å². The maximum atomic E-state index is 13.5. The Morgan fingerprint density at radius 1 is 1.32 bits per heavy atom. The zero-order valence-electron chi connectivity index (χ0n) is 18.0. The second-order valence-electron chi connectivity index (χ2n) is 8.05. The van der Waals surface area contributed by atoms with Gasteiger partial charge in [-0.1, -0.05) is 23.8 Å². The molecule has 0 bridgehead atoms. The average molecular weight is 491 g/mol. The van der Waals surface area contributed by atoms with Crippen LogP contribution in [-0.2, 0) is 24.2 Å². The van der Waals surface area contributed by atoms with Crippen molar-refractivity contribution in [2.45, 2.75) is 32.7 Å². The number of aromatic nitrogens is 2. The maximum Gasteiger partial charge on any atom is 0.337 e. The number of aromatic carboxylic acids is 1. The molecule has 1 amide bonds. The number of fused-ring (bicyclic) bond motifs is 2. The molecule has 10 heteroatoms. The number of nitrogens with zero attached hydrogens (tertiary/aromatic N) is 3. The van der Waals surface area contributed by atoms with Crippen LogP contribution in [0.1, 0.15) is 38.3 Å². The summed E-state index contributed by atoms with van der Waals surface area (Å²) in [4.78, 5) is 44.2. The molecule has 170 valence electrons. The lowest BCUT2D eigenvalue weighted by atomic mass is 10.1. The lowest BCUT2D eigenvalue weighted by Gasteiger charge is -2.13. The number of hydrogen-bond donors (Lipinski definition) is 2. The molecule has 3 aromatic heterocycles. The van der Waals surface area contributed by atoms with Crippen LogP contribution in [0.3, 0.4) is 0 Å². The first kappa shape index (κ1) is 22.0. The molecule has 1 aliphatic carbocycles. The van der Waals surface area contributed by atoms with Crippen molar-refractivity contribution in [2.75, 3.05) is 5.32 Å². The monoisotopic (exact) mass is 490 g/mol. The Labute approximate surface area is 201 Å². The van der Waals surface area contributed by atoms with Gasteiger partial charge in [0.25, 0.3) is 5.56 Å². The number of carboxylic acid groups (broad SMARTS) is 1. The van der Waals surface area contributed by atoms with Crippen LogP contribution in [0.25, 0.3) is 21.6 Å². The van der Waals surface area contributed by atoms with Gasteiger partial charge in [0.1, 0.15) is 28.3 Å². The Morgan fingerprint density at radius 2 is 2.15 bits per heavy atom. The summed E-state index contributed by atoms with van der Waals surface area (Å²) < 4.78 is 1.21. The van der Waals surface area contributed by atoms with E-state index in [0.29, 0.717) is 21.0 Å². The van der Waals surface area contributed by atoms with E-state index in [-0.39, 0.29) is 23.3 Å². The summed E-state index contributed by atoms with van der Waals surface area (Å²) in [6.07, 6.45) is 2.70. The Hall–Kier alpha value is -3.81. The first-order valence-corrected chi connectivity index (χ1v) is 12.2. The fraction of sp³-hybridized carbons (Fsp3) is 0.208. The minimum atomic E-state index is -1.23. The summed E-state index contributed by atoms with van der Waals surface area (Å²) in [5.74, 6) is -1.43. The molecule has 0 saturated carbocycles. The summed E-state index contributed by atoms with van der Waals surface area (Å²) in [5.41, 5.74) is 2.34. The lowest BCUT2D eigenvalue weighted by molar-refractivity contribution is -0.116. The predicted molar refractivity (Wildman–Crippen MR) is 131 cm³/mol. The van der Waals surface area contributed by atoms with Crippen molar-refractivity contribution in [2.24, 2.45) is 0 Å². The highest BCUT2D eigenvalue weighted by molar-refractivity contribution is 7.17. The van der Waals surface area contributed by atoms with Crippen molar-refractivity contribution in [3.05, 3.63) is 67.1 Å². The second-order valence-corrected chi connectivity index (χ2v) is 10.0. The van der Waals surface area contributed by atoms with Crippen molar-refractivity contribution in [3.63, 3.8) is 0 Å². The first-order chi connectivity index (χ1) is 16.4. The number of benzene rings is 1. The van der Waals surface area contributed by atoms with E-state index in [1.165, 1.54) is 21.3 Å². The average Bonchev–Trinajstić information content (AvgIpc) is 3.50. The number of hydrogen-bond acceptors (Lipinski definition) is 7. The molecule has 0 unspecified atom stereocenters. The molecule has 0 saturated heterocycles. The molecule has 5 rings (SSSR count). The standard InChI is InChI=1S/C24H18N4O4S2/c1-12-4-2-5-13(8-12)20-27-22-19(16(11-33-22)24(31)32)23(30)28(20)10-18(29)26-21-15(9-25)14-6-3-7-17(14)34-21/h2,4-5,8,11H,3,6-7,10H2,1H3,(H,26,29)(H,31,32). The molecule has 1 aromatic carbocycles. The lowest BCUT2D eigenvalue weighted by Crippen LogP contribution is -2.30. The second kappa shape index (κ2) is 8.52. The van der Waals surface area contributed by atoms with Crippen LogP contribution in [0.2, 0.25) is 0 Å². The van der Waals surface area contributed by atoms with Crippen LogP contribution in [0.5, 0.6) is 0 Å². The van der Waals surface area contributed by atoms with E-state index in [0.717, 1.165) is 46.6 Å². The van der Waals surface area contributed by atoms with Gasteiger partial charge in [0.2, 0.25) is 5.91 Å². The molecule has 3 heterocycles. The van der Waals surface area contributed by atoms with Gasteiger partial charge >= 0.3 is 5.97 Å². The van der Waals surface area contributed by atoms with Crippen molar-refractivity contribution in [3.8, 4) is 17.5 Å². The summed E-state index contributed by atoms with van der Waals surface area (Å²) in [7, 11) is 0. The Kier molecular flexibility index (Phi) is 5.51. The van der Waals surface area contributed by atoms with Gasteiger partial charge in [-0.25, -0.2) is 9.78 Å². The quantitative estimate of drug-likeness (QED) is 0.432. The van der Waals surface area contributed by atoms with Crippen molar-refractivity contribution in [1.29, 1.82) is 5.26 Å². The van der Waals surface area contributed by atoms with E-state index >= 15 is 0 Å². The van der Waals surface area contributed by atoms with Crippen molar-refractivity contribution >= 4 is 49.8 Å². The number of carbonyl (C=O) groups is 2. The number of anilines is 1. The van der Waals surface area contributed by atoms with Gasteiger partial charge in [-0.15, -0.1) is 22.7 Å². The maximum absolute atomic E-state index is 13.5. The van der Waals surface area contributed by atoms with Crippen molar-refractivity contribution in [1.82, 2.24) is 9.55 Å². The largest absolute Gasteiger partial charge is 0.478 e. The van der Waals surface area contributed by atoms with E-state index in [9.17, 15) is 24.8 Å². The van der Waals surface area contributed by atoms with Crippen LogP contribution in [-0.4, -0.2) is 26.5 Å². The van der Waals surface area contributed by atoms with E-state index < -0.39 is 17.4 Å². The number of nitriles is 1. The van der Waals surface area contributed by atoms with Crippen LogP contribution in [0.15, 0.2) is 34.4 Å². The Bertz CT molecular complexity index is 1590. The molecule has 34 heavy (non-hydrogen) atoms. The molecule has 0 spiro atoms. The minimum Gasteiger partial charge on any atom is -0.478 e. The molecule has 2 N–H and O–H groups in total. The van der Waals surface area contributed by atoms with E-state index in [2.05, 4.69) is 16.4 Å². The summed E-state index contributed by atoms with van der Waals surface area (Å²) in [6.45, 7) is 1.54. The number of carbonyl (C=O) groups excluding carboxylic acids is 1. The SMILES string of the molecule is Cc1cccc(-c2nc3scc(C(=O)O)c3c(=O)n2CC(=O)Nc2sc3c(c2C#N)CCC3)c1. The highest BCUT2D eigenvalue weighted by Gasteiger charge is 2.25. The number of rotatable bonds is 5. The topological polar surface area (TPSA) is 125 Å². The fourth-order valence-corrected chi connectivity index (χ4v) is 6.41. The van der Waals surface area contributed by atoms with E-state index in [1.807, 2.05) is 25.1 Å². The molecule has 4 aromatic rings. The van der Waals surface area contributed by atoms with Gasteiger partial charge < -0.3 is 10.4 Å². The van der Waals surface area contributed by atoms with Gasteiger partial charge in [0, 0.05) is 15.8 Å². The molecule has 0 atom stereocenters. The highest BCUT2D eigenvalue weighted by atomic mass is 32.1. The zero-order valence-corrected chi connectivity index (χ0v) is 19.7. The van der Waals surface area contributed by atoms with Crippen molar-refractivity contribution < 1.29 is 14.7 Å². The number of thiophene rings is 2. The van der Waals surface area contributed by atoms with Gasteiger partial charge in [-0.05, 0) is 37.8 Å². The summed E-state index contributed by atoms with van der Waals surface area (Å²) in [6, 6.07) is 9.57. The van der Waals surface area contributed by atoms with Crippen LogP contribution in [0, 0.1) is 18.3 Å². The minimum absolute atomic E-state index is 0.0190. The van der Waals surface area contributed by atoms with Crippen LogP contribution < -0.4 is 10.9 Å². The Morgan fingerprint density at radius 3 is 2.88 bits per heavy atom. The molecule has 0 fully saturated rings. The van der Waals surface area contributed by atoms with Crippen LogP contribution >= 0.6 is 22.7 Å². The molecule has 0 aliphatic heterocycles. The van der Waals surface area contributed by atoms with Gasteiger partial charge in [0.15, 0.2) is 0 Å². The predicted octanol–water partition coefficient (Wildman–Crippen LogP) is 4.19. The number of amides is 1. The molecular formula is C24H18N4O4S2. The summed E-state index contributed by atoms with van der Waals surface area (Å²) >= 11 is 2.47. The number of nitrogens with one attached hydrogen (secondary N) is 1. The highest BCUT2D eigenvalue weighted by Crippen LogP contribution is 2.38. The van der Waals surface area contributed by atoms with Crippen LogP contribution in [0.4, 0.5) is 5.00 Å². The van der Waals surface area contributed by atoms with Gasteiger partial charge in [-0.2, -0.15) is 5.26 Å². The van der Waals surface area contributed by atoms with E-state index in [4.69, 9.17) is 0 Å². The summed E-state index contributed by atoms with van der Waals surface area (Å²) in [5, 5.41) is 23.8. The fourth-order valence-electron chi connectivity index (χ4n) is 4.25. The normalized spacial score (nSPS) is 12.5. The number of carboxylic acids is 1. The first-order valence-electron chi connectivity index (χ1n) is 10.5. The molecule has 1 aliphatic rings.